The van der Waals surface area contributed by atoms with Gasteiger partial charge in [0.15, 0.2) is 0 Å². The highest BCUT2D eigenvalue weighted by molar-refractivity contribution is 5.84. The topological polar surface area (TPSA) is 92.4 Å². The smallest absolute Gasteiger partial charge is 0.326 e. The summed E-state index contributed by atoms with van der Waals surface area (Å²) >= 11 is 0. The lowest BCUT2D eigenvalue weighted by Crippen LogP contribution is -2.49. The molecule has 1 atom stereocenters. The summed E-state index contributed by atoms with van der Waals surface area (Å²) < 4.78 is 0. The lowest BCUT2D eigenvalue weighted by atomic mass is 9.86. The van der Waals surface area contributed by atoms with Gasteiger partial charge in [0.05, 0.1) is 0 Å². The third kappa shape index (κ3) is 4.91. The Kier molecular flexibility index (Phi) is 5.13. The van der Waals surface area contributed by atoms with Crippen molar-refractivity contribution in [1.82, 2.24) is 5.32 Å². The summed E-state index contributed by atoms with van der Waals surface area (Å²) in [6.45, 7) is 5.35. The molecular formula is C15H22N2O3. The minimum atomic E-state index is -1.02. The van der Waals surface area contributed by atoms with E-state index in [4.69, 9.17) is 10.8 Å². The highest BCUT2D eigenvalue weighted by Crippen LogP contribution is 2.19. The van der Waals surface area contributed by atoms with Gasteiger partial charge in [-0.15, -0.1) is 0 Å². The Labute approximate surface area is 119 Å². The zero-order valence-corrected chi connectivity index (χ0v) is 12.1. The SMILES string of the molecule is CC(C)(C)[C@@H](NC(=O)CCc1ccc(N)cc1)C(=O)O. The zero-order chi connectivity index (χ0) is 15.3. The lowest BCUT2D eigenvalue weighted by molar-refractivity contribution is -0.144. The number of carboxylic acid groups (broad SMARTS) is 1. The minimum absolute atomic E-state index is 0.254. The largest absolute Gasteiger partial charge is 0.480 e. The first-order valence-electron chi connectivity index (χ1n) is 6.57. The number of carbonyl (C=O) groups is 2. The van der Waals surface area contributed by atoms with Crippen molar-refractivity contribution in [3.63, 3.8) is 0 Å². The van der Waals surface area contributed by atoms with Crippen molar-refractivity contribution in [2.24, 2.45) is 5.41 Å². The Morgan fingerprint density at radius 1 is 1.25 bits per heavy atom. The van der Waals surface area contributed by atoms with Crippen LogP contribution in [0.3, 0.4) is 0 Å². The molecule has 1 rings (SSSR count). The summed E-state index contributed by atoms with van der Waals surface area (Å²) in [5.41, 5.74) is 6.73. The van der Waals surface area contributed by atoms with Crippen LogP contribution in [0.5, 0.6) is 0 Å². The maximum Gasteiger partial charge on any atom is 0.326 e. The number of carbonyl (C=O) groups excluding carboxylic acids is 1. The molecule has 4 N–H and O–H groups in total. The molecule has 0 saturated heterocycles. The van der Waals surface area contributed by atoms with E-state index in [-0.39, 0.29) is 12.3 Å². The molecule has 0 fully saturated rings. The van der Waals surface area contributed by atoms with Crippen molar-refractivity contribution in [2.75, 3.05) is 5.73 Å². The van der Waals surface area contributed by atoms with E-state index in [1.165, 1.54) is 0 Å². The van der Waals surface area contributed by atoms with Gasteiger partial charge in [-0.1, -0.05) is 32.9 Å². The number of nitrogen functional groups attached to an aromatic ring is 1. The van der Waals surface area contributed by atoms with Crippen molar-refractivity contribution in [2.45, 2.75) is 39.7 Å². The van der Waals surface area contributed by atoms with Crippen molar-refractivity contribution in [1.29, 1.82) is 0 Å². The minimum Gasteiger partial charge on any atom is -0.480 e. The molecule has 0 spiro atoms. The molecule has 5 nitrogen and oxygen atoms in total. The van der Waals surface area contributed by atoms with Crippen LogP contribution in [-0.2, 0) is 16.0 Å². The first kappa shape index (κ1) is 16.0. The molecule has 0 bridgehead atoms. The summed E-state index contributed by atoms with van der Waals surface area (Å²) in [6.07, 6.45) is 0.812. The molecule has 0 unspecified atom stereocenters. The Hall–Kier alpha value is -2.04. The fraction of sp³-hybridized carbons (Fsp3) is 0.467. The van der Waals surface area contributed by atoms with Gasteiger partial charge < -0.3 is 16.2 Å². The third-order valence-corrected chi connectivity index (χ3v) is 3.04. The second kappa shape index (κ2) is 6.41. The van der Waals surface area contributed by atoms with Gasteiger partial charge in [-0.25, -0.2) is 4.79 Å². The average molecular weight is 278 g/mol. The van der Waals surface area contributed by atoms with Crippen LogP contribution in [0.2, 0.25) is 0 Å². The van der Waals surface area contributed by atoms with Crippen molar-refractivity contribution < 1.29 is 14.7 Å². The van der Waals surface area contributed by atoms with E-state index in [1.807, 2.05) is 12.1 Å². The van der Waals surface area contributed by atoms with Crippen LogP contribution in [0.25, 0.3) is 0 Å². The van der Waals surface area contributed by atoms with Crippen LogP contribution in [0.1, 0.15) is 32.8 Å². The summed E-state index contributed by atoms with van der Waals surface area (Å²) in [6, 6.07) is 6.40. The first-order valence-corrected chi connectivity index (χ1v) is 6.57. The molecule has 1 aromatic carbocycles. The molecule has 0 aliphatic rings. The molecular weight excluding hydrogens is 256 g/mol. The van der Waals surface area contributed by atoms with Crippen molar-refractivity contribution >= 4 is 17.6 Å². The number of nitrogens with two attached hydrogens (primary N) is 1. The van der Waals surface area contributed by atoms with Gasteiger partial charge in [-0.05, 0) is 29.5 Å². The van der Waals surface area contributed by atoms with Crippen LogP contribution in [0.4, 0.5) is 5.69 Å². The number of aliphatic carboxylic acids is 1. The monoisotopic (exact) mass is 278 g/mol. The Morgan fingerprint density at radius 3 is 2.25 bits per heavy atom. The second-order valence-corrected chi connectivity index (χ2v) is 5.95. The van der Waals surface area contributed by atoms with Crippen molar-refractivity contribution in [3.05, 3.63) is 29.8 Å². The maximum atomic E-state index is 11.8. The predicted octanol–water partition coefficient (Wildman–Crippen LogP) is 1.82. The average Bonchev–Trinajstić information content (AvgIpc) is 2.33. The number of rotatable bonds is 5. The summed E-state index contributed by atoms with van der Waals surface area (Å²) in [4.78, 5) is 23.0. The maximum absolute atomic E-state index is 11.8. The molecule has 0 aliphatic carbocycles. The Balaban J connectivity index is 2.54. The van der Waals surface area contributed by atoms with Crippen molar-refractivity contribution in [3.8, 4) is 0 Å². The van der Waals surface area contributed by atoms with Crippen LogP contribution < -0.4 is 11.1 Å². The number of hydrogen-bond acceptors (Lipinski definition) is 3. The standard InChI is InChI=1S/C15H22N2O3/c1-15(2,3)13(14(19)20)17-12(18)9-6-10-4-7-11(16)8-5-10/h4-5,7-8,13H,6,9,16H2,1-3H3,(H,17,18)(H,19,20)/t13-/m0/s1. The lowest BCUT2D eigenvalue weighted by Gasteiger charge is -2.27. The van der Waals surface area contributed by atoms with Crippen LogP contribution in [0.15, 0.2) is 24.3 Å². The predicted molar refractivity (Wildman–Crippen MR) is 78.2 cm³/mol. The van der Waals surface area contributed by atoms with Gasteiger partial charge in [0.25, 0.3) is 0 Å². The van der Waals surface area contributed by atoms with Gasteiger partial charge in [0, 0.05) is 12.1 Å². The highest BCUT2D eigenvalue weighted by atomic mass is 16.4. The van der Waals surface area contributed by atoms with E-state index in [1.54, 1.807) is 32.9 Å². The first-order chi connectivity index (χ1) is 9.20. The van der Waals surface area contributed by atoms with Crippen LogP contribution >= 0.6 is 0 Å². The fourth-order valence-corrected chi connectivity index (χ4v) is 1.82. The van der Waals surface area contributed by atoms with E-state index < -0.39 is 17.4 Å². The Bertz CT molecular complexity index is 475. The second-order valence-electron chi connectivity index (χ2n) is 5.95. The van der Waals surface area contributed by atoms with E-state index in [2.05, 4.69) is 5.32 Å². The van der Waals surface area contributed by atoms with Crippen LogP contribution in [-0.4, -0.2) is 23.0 Å². The highest BCUT2D eigenvalue weighted by Gasteiger charge is 2.32. The molecule has 20 heavy (non-hydrogen) atoms. The third-order valence-electron chi connectivity index (χ3n) is 3.04. The van der Waals surface area contributed by atoms with E-state index in [9.17, 15) is 9.59 Å². The molecule has 110 valence electrons. The molecule has 1 aromatic rings. The summed E-state index contributed by atoms with van der Waals surface area (Å²) in [5.74, 6) is -1.28. The number of carboxylic acids is 1. The number of nitrogens with one attached hydrogen (secondary N) is 1. The van der Waals surface area contributed by atoms with Gasteiger partial charge in [-0.2, -0.15) is 0 Å². The number of aryl methyl sites for hydroxylation is 1. The summed E-state index contributed by atoms with van der Waals surface area (Å²) in [5, 5.41) is 11.7. The molecule has 0 aromatic heterocycles. The van der Waals surface area contributed by atoms with Gasteiger partial charge in [-0.3, -0.25) is 4.79 Å². The van der Waals surface area contributed by atoms with E-state index in [0.29, 0.717) is 12.1 Å². The van der Waals surface area contributed by atoms with Crippen LogP contribution in [0, 0.1) is 5.41 Å². The molecule has 1 amide bonds. The van der Waals surface area contributed by atoms with E-state index >= 15 is 0 Å². The fourth-order valence-electron chi connectivity index (χ4n) is 1.82. The number of hydrogen-bond donors (Lipinski definition) is 3. The quantitative estimate of drug-likeness (QED) is 0.716. The van der Waals surface area contributed by atoms with Gasteiger partial charge in [0.1, 0.15) is 6.04 Å². The summed E-state index contributed by atoms with van der Waals surface area (Å²) in [7, 11) is 0. The molecule has 5 heteroatoms. The normalized spacial score (nSPS) is 12.8. The number of amides is 1. The number of anilines is 1. The molecule has 0 heterocycles. The zero-order valence-electron chi connectivity index (χ0n) is 12.1. The molecule has 0 aliphatic heterocycles. The molecule has 0 radical (unpaired) electrons. The van der Waals surface area contributed by atoms with Gasteiger partial charge >= 0.3 is 5.97 Å². The van der Waals surface area contributed by atoms with E-state index in [0.717, 1.165) is 5.56 Å². The number of benzene rings is 1. The van der Waals surface area contributed by atoms with Gasteiger partial charge in [0.2, 0.25) is 5.91 Å². The molecule has 0 saturated carbocycles. The Morgan fingerprint density at radius 2 is 1.80 bits per heavy atom.